The summed E-state index contributed by atoms with van der Waals surface area (Å²) in [6, 6.07) is 1.96. The van der Waals surface area contributed by atoms with Crippen LogP contribution in [0.4, 0.5) is 5.88 Å². The molecule has 0 saturated heterocycles. The number of carbonyl (C=O) groups excluding carboxylic acids is 1. The van der Waals surface area contributed by atoms with E-state index in [0.717, 1.165) is 0 Å². The third kappa shape index (κ3) is 3.82. The summed E-state index contributed by atoms with van der Waals surface area (Å²) < 4.78 is 5.28. The first kappa shape index (κ1) is 14.7. The molecule has 2 N–H and O–H groups in total. The predicted octanol–water partition coefficient (Wildman–Crippen LogP) is 0.723. The van der Waals surface area contributed by atoms with Gasteiger partial charge in [-0.2, -0.15) is 5.26 Å². The molecule has 0 fully saturated rings. The second-order valence-corrected chi connectivity index (χ2v) is 4.21. The van der Waals surface area contributed by atoms with Gasteiger partial charge in [0, 0.05) is 5.56 Å². The van der Waals surface area contributed by atoms with Gasteiger partial charge in [-0.05, 0) is 20.9 Å². The van der Waals surface area contributed by atoms with Crippen LogP contribution in [0, 0.1) is 25.2 Å². The predicted molar refractivity (Wildman–Crippen MR) is 66.7 cm³/mol. The summed E-state index contributed by atoms with van der Waals surface area (Å²) in [5.41, 5.74) is 0.962. The number of hydrogen-bond acceptors (Lipinski definition) is 5. The zero-order chi connectivity index (χ0) is 14.6. The molecule has 0 aromatic carbocycles. The van der Waals surface area contributed by atoms with Crippen LogP contribution in [0.1, 0.15) is 16.9 Å². The maximum atomic E-state index is 11.7. The highest BCUT2D eigenvalue weighted by atomic mass is 16.4. The zero-order valence-corrected chi connectivity index (χ0v) is 11.0. The number of carbonyl (C=O) groups is 2. The Morgan fingerprint density at radius 2 is 2.05 bits per heavy atom. The van der Waals surface area contributed by atoms with E-state index >= 15 is 0 Å². The highest BCUT2D eigenvalue weighted by molar-refractivity contribution is 5.92. The summed E-state index contributed by atoms with van der Waals surface area (Å²) in [5, 5.41) is 20.0. The van der Waals surface area contributed by atoms with Gasteiger partial charge in [0.15, 0.2) is 0 Å². The number of aryl methyl sites for hydroxylation is 1. The van der Waals surface area contributed by atoms with Gasteiger partial charge in [-0.25, -0.2) is 0 Å². The standard InChI is InChI=1S/C12H15N3O4/c1-7-8(2)19-12(9(7)4-13)14-10(16)5-15(3)6-11(17)18/h5-6H2,1-3H3,(H,14,16)(H,17,18). The van der Waals surface area contributed by atoms with Crippen molar-refractivity contribution in [3.8, 4) is 6.07 Å². The number of nitrogens with zero attached hydrogens (tertiary/aromatic N) is 2. The lowest BCUT2D eigenvalue weighted by atomic mass is 10.2. The molecular formula is C12H15N3O4. The van der Waals surface area contributed by atoms with Gasteiger partial charge in [-0.3, -0.25) is 19.8 Å². The number of rotatable bonds is 5. The molecule has 0 unspecified atom stereocenters. The van der Waals surface area contributed by atoms with Gasteiger partial charge < -0.3 is 9.52 Å². The van der Waals surface area contributed by atoms with Gasteiger partial charge >= 0.3 is 5.97 Å². The van der Waals surface area contributed by atoms with E-state index < -0.39 is 11.9 Å². The Kier molecular flexibility index (Phi) is 4.67. The van der Waals surface area contributed by atoms with Crippen molar-refractivity contribution in [2.24, 2.45) is 0 Å². The topological polar surface area (TPSA) is 107 Å². The monoisotopic (exact) mass is 265 g/mol. The van der Waals surface area contributed by atoms with Crippen LogP contribution in [0.25, 0.3) is 0 Å². The molecule has 0 bridgehead atoms. The van der Waals surface area contributed by atoms with Crippen LogP contribution in [0.3, 0.4) is 0 Å². The first-order chi connectivity index (χ1) is 8.85. The highest BCUT2D eigenvalue weighted by Gasteiger charge is 2.17. The molecule has 0 aliphatic carbocycles. The first-order valence-electron chi connectivity index (χ1n) is 5.55. The van der Waals surface area contributed by atoms with Gasteiger partial charge in [0.2, 0.25) is 11.8 Å². The van der Waals surface area contributed by atoms with Crippen molar-refractivity contribution in [3.63, 3.8) is 0 Å². The number of carboxylic acids is 1. The molecule has 102 valence electrons. The molecule has 1 aromatic rings. The average Bonchev–Trinajstić information content (AvgIpc) is 2.52. The second-order valence-electron chi connectivity index (χ2n) is 4.21. The van der Waals surface area contributed by atoms with Crippen LogP contribution in [0.15, 0.2) is 4.42 Å². The minimum Gasteiger partial charge on any atom is -0.480 e. The SMILES string of the molecule is Cc1oc(NC(=O)CN(C)CC(=O)O)c(C#N)c1C. The summed E-state index contributed by atoms with van der Waals surface area (Å²) >= 11 is 0. The highest BCUT2D eigenvalue weighted by Crippen LogP contribution is 2.25. The molecule has 0 radical (unpaired) electrons. The maximum Gasteiger partial charge on any atom is 0.317 e. The van der Waals surface area contributed by atoms with Gasteiger partial charge in [0.05, 0.1) is 13.1 Å². The van der Waals surface area contributed by atoms with E-state index in [2.05, 4.69) is 5.32 Å². The largest absolute Gasteiger partial charge is 0.480 e. The smallest absolute Gasteiger partial charge is 0.317 e. The maximum absolute atomic E-state index is 11.7. The third-order valence-electron chi connectivity index (χ3n) is 2.57. The fourth-order valence-corrected chi connectivity index (χ4v) is 1.55. The van der Waals surface area contributed by atoms with Crippen LogP contribution >= 0.6 is 0 Å². The van der Waals surface area contributed by atoms with Crippen molar-refractivity contribution >= 4 is 17.8 Å². The molecule has 0 atom stereocenters. The van der Waals surface area contributed by atoms with Crippen molar-refractivity contribution in [3.05, 3.63) is 16.9 Å². The Hall–Kier alpha value is -2.33. The number of carboxylic acid groups (broad SMARTS) is 1. The van der Waals surface area contributed by atoms with Crippen LogP contribution in [-0.2, 0) is 9.59 Å². The Labute approximate surface area is 110 Å². The summed E-state index contributed by atoms with van der Waals surface area (Å²) in [4.78, 5) is 23.5. The Morgan fingerprint density at radius 1 is 1.42 bits per heavy atom. The summed E-state index contributed by atoms with van der Waals surface area (Å²) in [5.74, 6) is -0.788. The quantitative estimate of drug-likeness (QED) is 0.812. The number of amides is 1. The first-order valence-corrected chi connectivity index (χ1v) is 5.55. The van der Waals surface area contributed by atoms with E-state index in [0.29, 0.717) is 11.3 Å². The number of likely N-dealkylation sites (N-methyl/N-ethyl adjacent to an activating group) is 1. The molecule has 0 saturated carbocycles. The number of anilines is 1. The molecule has 1 amide bonds. The van der Waals surface area contributed by atoms with Crippen molar-refractivity contribution in [2.45, 2.75) is 13.8 Å². The van der Waals surface area contributed by atoms with Gasteiger partial charge in [0.1, 0.15) is 17.4 Å². The number of furan rings is 1. The van der Waals surface area contributed by atoms with Crippen molar-refractivity contribution < 1.29 is 19.1 Å². The minimum absolute atomic E-state index is 0.101. The van der Waals surface area contributed by atoms with E-state index in [9.17, 15) is 9.59 Å². The van der Waals surface area contributed by atoms with Crippen LogP contribution in [-0.4, -0.2) is 42.0 Å². The lowest BCUT2D eigenvalue weighted by Crippen LogP contribution is -2.33. The number of nitriles is 1. The number of nitrogens with one attached hydrogen (secondary N) is 1. The van der Waals surface area contributed by atoms with Crippen molar-refractivity contribution in [1.82, 2.24) is 4.90 Å². The van der Waals surface area contributed by atoms with Crippen LogP contribution in [0.5, 0.6) is 0 Å². The molecule has 7 heteroatoms. The fraction of sp³-hybridized carbons (Fsp3) is 0.417. The second kappa shape index (κ2) is 6.02. The van der Waals surface area contributed by atoms with Crippen LogP contribution < -0.4 is 5.32 Å². The van der Waals surface area contributed by atoms with Crippen LogP contribution in [0.2, 0.25) is 0 Å². The fourth-order valence-electron chi connectivity index (χ4n) is 1.55. The molecule has 1 heterocycles. The molecule has 1 aromatic heterocycles. The van der Waals surface area contributed by atoms with Gasteiger partial charge in [-0.1, -0.05) is 0 Å². The van der Waals surface area contributed by atoms with Gasteiger partial charge in [0.25, 0.3) is 0 Å². The third-order valence-corrected chi connectivity index (χ3v) is 2.57. The molecule has 19 heavy (non-hydrogen) atoms. The number of hydrogen-bond donors (Lipinski definition) is 2. The van der Waals surface area contributed by atoms with E-state index in [4.69, 9.17) is 14.8 Å². The lowest BCUT2D eigenvalue weighted by molar-refractivity contribution is -0.138. The molecule has 0 aliphatic heterocycles. The van der Waals surface area contributed by atoms with E-state index in [1.807, 2.05) is 6.07 Å². The molecule has 7 nitrogen and oxygen atoms in total. The Balaban J connectivity index is 2.70. The van der Waals surface area contributed by atoms with Crippen molar-refractivity contribution in [1.29, 1.82) is 5.26 Å². The van der Waals surface area contributed by atoms with Crippen molar-refractivity contribution in [2.75, 3.05) is 25.5 Å². The van der Waals surface area contributed by atoms with E-state index in [-0.39, 0.29) is 24.5 Å². The summed E-state index contributed by atoms with van der Waals surface area (Å²) in [6.07, 6.45) is 0. The Morgan fingerprint density at radius 3 is 2.58 bits per heavy atom. The number of aliphatic carboxylic acids is 1. The normalized spacial score (nSPS) is 10.3. The average molecular weight is 265 g/mol. The summed E-state index contributed by atoms with van der Waals surface area (Å²) in [6.45, 7) is 3.08. The molecule has 0 aliphatic rings. The lowest BCUT2D eigenvalue weighted by Gasteiger charge is -2.12. The minimum atomic E-state index is -1.02. The zero-order valence-electron chi connectivity index (χ0n) is 11.0. The van der Waals surface area contributed by atoms with E-state index in [1.54, 1.807) is 13.8 Å². The van der Waals surface area contributed by atoms with E-state index in [1.165, 1.54) is 11.9 Å². The molecule has 0 spiro atoms. The molecule has 1 rings (SSSR count). The van der Waals surface area contributed by atoms with Gasteiger partial charge in [-0.15, -0.1) is 0 Å². The molecular weight excluding hydrogens is 250 g/mol. The Bertz CT molecular complexity index is 542. The summed E-state index contributed by atoms with van der Waals surface area (Å²) in [7, 11) is 1.51.